The molecule has 1 aromatic rings. The Morgan fingerprint density at radius 3 is 2.29 bits per heavy atom. The first kappa shape index (κ1) is 18.7. The highest BCUT2D eigenvalue weighted by Gasteiger charge is 2.36. The molecule has 5 heteroatoms. The molecule has 122 valence electrons. The van der Waals surface area contributed by atoms with Crippen molar-refractivity contribution in [1.29, 1.82) is 0 Å². The molecule has 0 radical (unpaired) electrons. The van der Waals surface area contributed by atoms with Crippen LogP contribution in [-0.4, -0.2) is 33.2 Å². The number of aliphatic hydroxyl groups is 1. The van der Waals surface area contributed by atoms with Gasteiger partial charge in [-0.1, -0.05) is 20.8 Å². The van der Waals surface area contributed by atoms with Gasteiger partial charge in [-0.3, -0.25) is 4.68 Å². The summed E-state index contributed by atoms with van der Waals surface area (Å²) >= 11 is 3.65. The van der Waals surface area contributed by atoms with Gasteiger partial charge in [0.05, 0.1) is 27.6 Å². The van der Waals surface area contributed by atoms with E-state index in [0.717, 1.165) is 41.7 Å². The molecule has 0 aliphatic rings. The maximum absolute atomic E-state index is 10.8. The molecular formula is C16H29BrN2O2. The maximum atomic E-state index is 10.8. The summed E-state index contributed by atoms with van der Waals surface area (Å²) in [6.07, 6.45) is 2.52. The van der Waals surface area contributed by atoms with Crippen LogP contribution in [0, 0.1) is 0 Å². The van der Waals surface area contributed by atoms with Crippen molar-refractivity contribution in [2.45, 2.75) is 78.6 Å². The second-order valence-corrected chi connectivity index (χ2v) is 6.09. The second-order valence-electron chi connectivity index (χ2n) is 5.30. The fourth-order valence-electron chi connectivity index (χ4n) is 2.89. The fraction of sp³-hybridized carbons (Fsp3) is 0.812. The summed E-state index contributed by atoms with van der Waals surface area (Å²) in [7, 11) is 0. The molecule has 0 saturated carbocycles. The van der Waals surface area contributed by atoms with Crippen molar-refractivity contribution in [3.8, 4) is 0 Å². The van der Waals surface area contributed by atoms with E-state index in [1.807, 2.05) is 11.6 Å². The average molecular weight is 361 g/mol. The lowest BCUT2D eigenvalue weighted by Gasteiger charge is -2.36. The minimum absolute atomic E-state index is 0.469. The van der Waals surface area contributed by atoms with Gasteiger partial charge < -0.3 is 9.84 Å². The van der Waals surface area contributed by atoms with Gasteiger partial charge in [0.2, 0.25) is 0 Å². The minimum atomic E-state index is -0.532. The number of nitrogens with zero attached hydrogens (tertiary/aromatic N) is 2. The van der Waals surface area contributed by atoms with Crippen molar-refractivity contribution in [1.82, 2.24) is 9.78 Å². The van der Waals surface area contributed by atoms with Gasteiger partial charge in [-0.15, -0.1) is 0 Å². The number of ether oxygens (including phenoxy) is 1. The Balaban J connectivity index is 3.06. The van der Waals surface area contributed by atoms with Crippen LogP contribution in [0.5, 0.6) is 0 Å². The van der Waals surface area contributed by atoms with E-state index >= 15 is 0 Å². The van der Waals surface area contributed by atoms with Crippen LogP contribution in [0.1, 0.15) is 58.8 Å². The van der Waals surface area contributed by atoms with E-state index in [1.54, 1.807) is 0 Å². The largest absolute Gasteiger partial charge is 0.390 e. The monoisotopic (exact) mass is 360 g/mol. The SMILES string of the molecule is CCOC(CC)(CC)C(O)Cc1c(Br)c(CC)nn1CC. The van der Waals surface area contributed by atoms with E-state index < -0.39 is 11.7 Å². The molecule has 1 atom stereocenters. The highest BCUT2D eigenvalue weighted by molar-refractivity contribution is 9.10. The van der Waals surface area contributed by atoms with Gasteiger partial charge in [0.15, 0.2) is 0 Å². The van der Waals surface area contributed by atoms with Gasteiger partial charge in [0.25, 0.3) is 0 Å². The normalized spacial score (nSPS) is 13.7. The lowest BCUT2D eigenvalue weighted by atomic mass is 9.87. The van der Waals surface area contributed by atoms with E-state index in [2.05, 4.69) is 48.7 Å². The van der Waals surface area contributed by atoms with E-state index in [4.69, 9.17) is 4.74 Å². The van der Waals surface area contributed by atoms with Crippen LogP contribution in [0.4, 0.5) is 0 Å². The molecule has 1 unspecified atom stereocenters. The topological polar surface area (TPSA) is 47.3 Å². The lowest BCUT2D eigenvalue weighted by Crippen LogP contribution is -2.45. The van der Waals surface area contributed by atoms with E-state index in [1.165, 1.54) is 0 Å². The van der Waals surface area contributed by atoms with Gasteiger partial charge >= 0.3 is 0 Å². The third-order valence-electron chi connectivity index (χ3n) is 4.32. The Bertz CT molecular complexity index is 442. The van der Waals surface area contributed by atoms with Crippen LogP contribution in [0.15, 0.2) is 4.47 Å². The molecule has 1 heterocycles. The van der Waals surface area contributed by atoms with Gasteiger partial charge in [-0.25, -0.2) is 0 Å². The zero-order valence-electron chi connectivity index (χ0n) is 13.9. The van der Waals surface area contributed by atoms with Crippen molar-refractivity contribution in [2.24, 2.45) is 0 Å². The summed E-state index contributed by atoms with van der Waals surface area (Å²) in [6.45, 7) is 11.7. The number of halogens is 1. The minimum Gasteiger partial charge on any atom is -0.390 e. The molecule has 21 heavy (non-hydrogen) atoms. The van der Waals surface area contributed by atoms with Crippen molar-refractivity contribution < 1.29 is 9.84 Å². The maximum Gasteiger partial charge on any atom is 0.0938 e. The van der Waals surface area contributed by atoms with Crippen molar-refractivity contribution >= 4 is 15.9 Å². The molecule has 0 fully saturated rings. The number of aliphatic hydroxyl groups excluding tert-OH is 1. The van der Waals surface area contributed by atoms with Crippen LogP contribution in [0.3, 0.4) is 0 Å². The van der Waals surface area contributed by atoms with Crippen molar-refractivity contribution in [3.05, 3.63) is 15.9 Å². The first-order chi connectivity index (χ1) is 9.99. The molecule has 0 bridgehead atoms. The van der Waals surface area contributed by atoms with E-state index in [9.17, 15) is 5.11 Å². The van der Waals surface area contributed by atoms with Crippen LogP contribution in [0.2, 0.25) is 0 Å². The lowest BCUT2D eigenvalue weighted by molar-refractivity contribution is -0.125. The third kappa shape index (κ3) is 3.88. The highest BCUT2D eigenvalue weighted by Crippen LogP contribution is 2.30. The Labute approximate surface area is 137 Å². The number of aryl methyl sites for hydroxylation is 2. The quantitative estimate of drug-likeness (QED) is 0.729. The van der Waals surface area contributed by atoms with Crippen LogP contribution < -0.4 is 0 Å². The summed E-state index contributed by atoms with van der Waals surface area (Å²) < 4.78 is 8.92. The molecule has 0 aromatic carbocycles. The molecule has 0 amide bonds. The smallest absolute Gasteiger partial charge is 0.0938 e. The summed E-state index contributed by atoms with van der Waals surface area (Å²) in [4.78, 5) is 0. The van der Waals surface area contributed by atoms with Gasteiger partial charge in [-0.05, 0) is 49.0 Å². The predicted molar refractivity (Wildman–Crippen MR) is 89.6 cm³/mol. The van der Waals surface area contributed by atoms with Crippen molar-refractivity contribution in [2.75, 3.05) is 6.61 Å². The van der Waals surface area contributed by atoms with Crippen LogP contribution in [-0.2, 0) is 24.1 Å². The third-order valence-corrected chi connectivity index (χ3v) is 5.23. The van der Waals surface area contributed by atoms with Crippen LogP contribution in [0.25, 0.3) is 0 Å². The number of aromatic nitrogens is 2. The number of hydrogen-bond donors (Lipinski definition) is 1. The number of rotatable bonds is 9. The molecule has 0 saturated heterocycles. The Hall–Kier alpha value is -0.390. The Morgan fingerprint density at radius 2 is 1.86 bits per heavy atom. The molecule has 0 aliphatic carbocycles. The molecule has 1 rings (SSSR count). The molecule has 1 aromatic heterocycles. The fourth-order valence-corrected chi connectivity index (χ4v) is 3.62. The molecule has 0 spiro atoms. The second kappa shape index (κ2) is 8.30. The summed E-state index contributed by atoms with van der Waals surface area (Å²) in [5.41, 5.74) is 1.64. The standard InChI is InChI=1S/C16H29BrN2O2/c1-6-12-15(17)13(19(9-4)18-12)11-14(20)16(7-2,8-3)21-10-5/h14,20H,6-11H2,1-5H3. The zero-order chi connectivity index (χ0) is 16.0. The summed E-state index contributed by atoms with van der Waals surface area (Å²) in [5.74, 6) is 0. The first-order valence-corrected chi connectivity index (χ1v) is 8.84. The first-order valence-electron chi connectivity index (χ1n) is 8.05. The number of hydrogen-bond acceptors (Lipinski definition) is 3. The predicted octanol–water partition coefficient (Wildman–Crippen LogP) is 3.73. The average Bonchev–Trinajstić information content (AvgIpc) is 2.80. The Kier molecular flexibility index (Phi) is 7.37. The van der Waals surface area contributed by atoms with Crippen molar-refractivity contribution in [3.63, 3.8) is 0 Å². The summed E-state index contributed by atoms with van der Waals surface area (Å²) in [5, 5.41) is 15.4. The van der Waals surface area contributed by atoms with E-state index in [-0.39, 0.29) is 0 Å². The van der Waals surface area contributed by atoms with Gasteiger partial charge in [-0.2, -0.15) is 5.10 Å². The van der Waals surface area contributed by atoms with Gasteiger partial charge in [0, 0.05) is 19.6 Å². The van der Waals surface area contributed by atoms with E-state index in [0.29, 0.717) is 13.0 Å². The van der Waals surface area contributed by atoms with Gasteiger partial charge in [0.1, 0.15) is 0 Å². The van der Waals surface area contributed by atoms with Crippen LogP contribution >= 0.6 is 15.9 Å². The summed E-state index contributed by atoms with van der Waals surface area (Å²) in [6, 6.07) is 0. The molecular weight excluding hydrogens is 332 g/mol. The highest BCUT2D eigenvalue weighted by atomic mass is 79.9. The zero-order valence-corrected chi connectivity index (χ0v) is 15.5. The Morgan fingerprint density at radius 1 is 1.24 bits per heavy atom. The molecule has 1 N–H and O–H groups in total. The molecule has 4 nitrogen and oxygen atoms in total. The molecule has 0 aliphatic heterocycles.